The van der Waals surface area contributed by atoms with Gasteiger partial charge in [0.2, 0.25) is 0 Å². The molecule has 1 atom stereocenters. The second kappa shape index (κ2) is 7.34. The highest BCUT2D eigenvalue weighted by molar-refractivity contribution is 5.29. The Hall–Kier alpha value is -1.28. The van der Waals surface area contributed by atoms with Crippen LogP contribution in [0, 0.1) is 0 Å². The van der Waals surface area contributed by atoms with Gasteiger partial charge in [-0.3, -0.25) is 0 Å². The number of likely N-dealkylation sites (N-methyl/N-ethyl adjacent to an activating group) is 1. The van der Waals surface area contributed by atoms with Crippen molar-refractivity contribution < 1.29 is 4.74 Å². The largest absolute Gasteiger partial charge is 0.497 e. The zero-order chi connectivity index (χ0) is 13.5. The molecular weight excluding hydrogens is 234 g/mol. The molecule has 0 bridgehead atoms. The number of hydrogen-bond donors (Lipinski definition) is 1. The molecular formula is C17H25NO. The average Bonchev–Trinajstić information content (AvgIpc) is 2.48. The van der Waals surface area contributed by atoms with E-state index in [1.165, 1.54) is 31.2 Å². The third kappa shape index (κ3) is 4.10. The quantitative estimate of drug-likeness (QED) is 0.786. The third-order valence-corrected chi connectivity index (χ3v) is 3.82. The van der Waals surface area contributed by atoms with Crippen LogP contribution in [0.2, 0.25) is 0 Å². The summed E-state index contributed by atoms with van der Waals surface area (Å²) in [6.07, 6.45) is 8.72. The monoisotopic (exact) mass is 259 g/mol. The van der Waals surface area contributed by atoms with Gasteiger partial charge in [-0.1, -0.05) is 30.7 Å². The number of methoxy groups -OCH3 is 1. The first-order chi connectivity index (χ1) is 9.33. The molecule has 1 aromatic carbocycles. The summed E-state index contributed by atoms with van der Waals surface area (Å²) < 4.78 is 5.21. The number of ether oxygens (including phenoxy) is 1. The molecule has 2 heteroatoms. The van der Waals surface area contributed by atoms with Crippen LogP contribution >= 0.6 is 0 Å². The van der Waals surface area contributed by atoms with Gasteiger partial charge in [0.15, 0.2) is 0 Å². The predicted molar refractivity (Wildman–Crippen MR) is 80.7 cm³/mol. The van der Waals surface area contributed by atoms with Crippen molar-refractivity contribution in [3.8, 4) is 5.75 Å². The Morgan fingerprint density at radius 3 is 2.58 bits per heavy atom. The predicted octanol–water partition coefficient (Wildman–Crippen LogP) is 3.72. The van der Waals surface area contributed by atoms with E-state index in [1.807, 2.05) is 12.1 Å². The van der Waals surface area contributed by atoms with Crippen LogP contribution < -0.4 is 10.1 Å². The summed E-state index contributed by atoms with van der Waals surface area (Å²) in [5.74, 6) is 0.931. The smallest absolute Gasteiger partial charge is 0.118 e. The standard InChI is InChI=1S/C17H25NO/c1-3-18-17(15-7-5-4-6-8-15)13-14-9-11-16(19-2)12-10-14/h7,9-12,17-18H,3-6,8,13H2,1-2H3. The highest BCUT2D eigenvalue weighted by atomic mass is 16.5. The van der Waals surface area contributed by atoms with Crippen molar-refractivity contribution in [2.75, 3.05) is 13.7 Å². The molecule has 0 aromatic heterocycles. The summed E-state index contributed by atoms with van der Waals surface area (Å²) in [5.41, 5.74) is 2.97. The molecule has 2 nitrogen and oxygen atoms in total. The van der Waals surface area contributed by atoms with E-state index < -0.39 is 0 Å². The van der Waals surface area contributed by atoms with E-state index in [1.54, 1.807) is 12.7 Å². The van der Waals surface area contributed by atoms with Crippen molar-refractivity contribution in [3.05, 3.63) is 41.5 Å². The maximum Gasteiger partial charge on any atom is 0.118 e. The number of nitrogens with one attached hydrogen (secondary N) is 1. The zero-order valence-corrected chi connectivity index (χ0v) is 12.1. The van der Waals surface area contributed by atoms with Gasteiger partial charge in [-0.25, -0.2) is 0 Å². The van der Waals surface area contributed by atoms with E-state index in [9.17, 15) is 0 Å². The molecule has 1 unspecified atom stereocenters. The Labute approximate surface area is 116 Å². The number of rotatable bonds is 6. The molecule has 1 aliphatic carbocycles. The summed E-state index contributed by atoms with van der Waals surface area (Å²) in [5, 5.41) is 3.63. The van der Waals surface area contributed by atoms with Gasteiger partial charge in [0, 0.05) is 6.04 Å². The molecule has 2 rings (SSSR count). The Kier molecular flexibility index (Phi) is 5.46. The fourth-order valence-corrected chi connectivity index (χ4v) is 2.76. The molecule has 0 saturated heterocycles. The van der Waals surface area contributed by atoms with Gasteiger partial charge in [-0.05, 0) is 56.3 Å². The van der Waals surface area contributed by atoms with Crippen LogP contribution in [0.4, 0.5) is 0 Å². The lowest BCUT2D eigenvalue weighted by Crippen LogP contribution is -2.33. The molecule has 1 N–H and O–H groups in total. The fraction of sp³-hybridized carbons (Fsp3) is 0.529. The minimum atomic E-state index is 0.499. The van der Waals surface area contributed by atoms with E-state index in [-0.39, 0.29) is 0 Å². The van der Waals surface area contributed by atoms with Gasteiger partial charge in [-0.2, -0.15) is 0 Å². The molecule has 1 aliphatic rings. The molecule has 0 saturated carbocycles. The third-order valence-electron chi connectivity index (χ3n) is 3.82. The summed E-state index contributed by atoms with van der Waals surface area (Å²) in [4.78, 5) is 0. The van der Waals surface area contributed by atoms with Gasteiger partial charge in [0.1, 0.15) is 5.75 Å². The van der Waals surface area contributed by atoms with Crippen LogP contribution in [0.5, 0.6) is 5.75 Å². The van der Waals surface area contributed by atoms with Gasteiger partial charge in [0.05, 0.1) is 7.11 Å². The zero-order valence-electron chi connectivity index (χ0n) is 12.1. The lowest BCUT2D eigenvalue weighted by molar-refractivity contribution is 0.414. The van der Waals surface area contributed by atoms with Crippen molar-refractivity contribution >= 4 is 0 Å². The maximum atomic E-state index is 5.21. The topological polar surface area (TPSA) is 21.3 Å². The fourth-order valence-electron chi connectivity index (χ4n) is 2.76. The van der Waals surface area contributed by atoms with E-state index >= 15 is 0 Å². The second-order valence-electron chi connectivity index (χ2n) is 5.19. The maximum absolute atomic E-state index is 5.21. The summed E-state index contributed by atoms with van der Waals surface area (Å²) in [6.45, 7) is 3.21. The van der Waals surface area contributed by atoms with Crippen LogP contribution in [-0.4, -0.2) is 19.7 Å². The highest BCUT2D eigenvalue weighted by Gasteiger charge is 2.15. The summed E-state index contributed by atoms with van der Waals surface area (Å²) in [6, 6.07) is 8.94. The number of allylic oxidation sites excluding steroid dienone is 1. The highest BCUT2D eigenvalue weighted by Crippen LogP contribution is 2.23. The molecule has 0 aliphatic heterocycles. The van der Waals surface area contributed by atoms with Crippen LogP contribution in [0.25, 0.3) is 0 Å². The normalized spacial score (nSPS) is 16.8. The summed E-state index contributed by atoms with van der Waals surface area (Å²) >= 11 is 0. The number of hydrogen-bond acceptors (Lipinski definition) is 2. The van der Waals surface area contributed by atoms with Crippen LogP contribution in [0.1, 0.15) is 38.2 Å². The molecule has 104 valence electrons. The average molecular weight is 259 g/mol. The molecule has 0 radical (unpaired) electrons. The van der Waals surface area contributed by atoms with E-state index in [2.05, 4.69) is 30.4 Å². The Bertz CT molecular complexity index is 408. The van der Waals surface area contributed by atoms with Crippen LogP contribution in [0.15, 0.2) is 35.9 Å². The van der Waals surface area contributed by atoms with Gasteiger partial charge < -0.3 is 10.1 Å². The SMILES string of the molecule is CCNC(Cc1ccc(OC)cc1)C1=CCCCC1. The van der Waals surface area contributed by atoms with Crippen LogP contribution in [-0.2, 0) is 6.42 Å². The van der Waals surface area contributed by atoms with Crippen molar-refractivity contribution in [1.82, 2.24) is 5.32 Å². The lowest BCUT2D eigenvalue weighted by Gasteiger charge is -2.24. The van der Waals surface area contributed by atoms with E-state index in [0.29, 0.717) is 6.04 Å². The molecule has 0 fully saturated rings. The summed E-state index contributed by atoms with van der Waals surface area (Å²) in [7, 11) is 1.71. The van der Waals surface area contributed by atoms with Gasteiger partial charge in [0.25, 0.3) is 0 Å². The molecule has 0 amide bonds. The molecule has 0 spiro atoms. The lowest BCUT2D eigenvalue weighted by atomic mass is 9.90. The van der Waals surface area contributed by atoms with Gasteiger partial charge >= 0.3 is 0 Å². The Morgan fingerprint density at radius 1 is 1.21 bits per heavy atom. The second-order valence-corrected chi connectivity index (χ2v) is 5.19. The van der Waals surface area contributed by atoms with Crippen LogP contribution in [0.3, 0.4) is 0 Å². The van der Waals surface area contributed by atoms with Crippen molar-refractivity contribution in [3.63, 3.8) is 0 Å². The molecule has 19 heavy (non-hydrogen) atoms. The van der Waals surface area contributed by atoms with Crippen molar-refractivity contribution in [2.24, 2.45) is 0 Å². The number of benzene rings is 1. The van der Waals surface area contributed by atoms with Crippen molar-refractivity contribution in [2.45, 2.75) is 45.1 Å². The first-order valence-electron chi connectivity index (χ1n) is 7.38. The Balaban J connectivity index is 2.04. The molecule has 0 heterocycles. The van der Waals surface area contributed by atoms with Crippen molar-refractivity contribution in [1.29, 1.82) is 0 Å². The van der Waals surface area contributed by atoms with Gasteiger partial charge in [-0.15, -0.1) is 0 Å². The first-order valence-corrected chi connectivity index (χ1v) is 7.38. The first kappa shape index (κ1) is 14.1. The Morgan fingerprint density at radius 2 is 2.00 bits per heavy atom. The minimum absolute atomic E-state index is 0.499. The minimum Gasteiger partial charge on any atom is -0.497 e. The van der Waals surface area contributed by atoms with E-state index in [0.717, 1.165) is 18.7 Å². The van der Waals surface area contributed by atoms with E-state index in [4.69, 9.17) is 4.74 Å². The molecule has 1 aromatic rings.